The highest BCUT2D eigenvalue weighted by Gasteiger charge is 2.45. The topological polar surface area (TPSA) is 168 Å². The zero-order chi connectivity index (χ0) is 36.7. The van der Waals surface area contributed by atoms with Gasteiger partial charge in [0.25, 0.3) is 0 Å². The van der Waals surface area contributed by atoms with Crippen molar-refractivity contribution in [3.63, 3.8) is 0 Å². The molecule has 2 aromatic heterocycles. The smallest absolute Gasteiger partial charge is 0.319 e. The molecule has 5 heterocycles. The third-order valence-corrected chi connectivity index (χ3v) is 11.9. The number of aliphatic hydroxyl groups excluding tert-OH is 1. The minimum absolute atomic E-state index is 0.0216. The number of anilines is 2. The summed E-state index contributed by atoms with van der Waals surface area (Å²) in [6.45, 7) is 4.95. The Morgan fingerprint density at radius 2 is 2.04 bits per heavy atom. The van der Waals surface area contributed by atoms with Crippen LogP contribution in [0.4, 0.5) is 19.6 Å². The Hall–Kier alpha value is -4.38. The Balaban J connectivity index is 1.36. The minimum Gasteiger partial charge on any atom is -0.461 e. The lowest BCUT2D eigenvalue weighted by Crippen LogP contribution is -2.52. The number of nitrogens with zero attached hydrogens (tertiary/aromatic N) is 7. The number of β-amino-alcohol motifs (C(OH)–C–C–N with tert-alkyl or cyclic N) is 1. The molecule has 3 saturated heterocycles. The van der Waals surface area contributed by atoms with Crippen LogP contribution in [-0.2, 0) is 4.79 Å². The van der Waals surface area contributed by atoms with Crippen molar-refractivity contribution >= 4 is 60.7 Å². The van der Waals surface area contributed by atoms with Crippen LogP contribution in [0.1, 0.15) is 44.6 Å². The van der Waals surface area contributed by atoms with Gasteiger partial charge in [0.15, 0.2) is 5.82 Å². The standard InChI is InChI=1S/C36H38ClF2N9O3S/c1-20(49)43-9-13-47(18-22(50)17-46-12-6-21(46)15-40)34-24-14-26(37)29(23-4-5-27(38)32-28(23)25(16-41)33(42)52-32)30(39)31(24)44-35(45-34)51-19-36-7-2-10-48(36)11-3-8-36/h4-5,14,21-22,50H,2-3,6-13,17-19,42H2,1H3,(H,43,49). The number of fused-ring (bicyclic) bond motifs is 3. The van der Waals surface area contributed by atoms with Crippen molar-refractivity contribution in [1.82, 2.24) is 25.1 Å². The Kier molecular flexibility index (Phi) is 10.1. The van der Waals surface area contributed by atoms with Crippen LogP contribution >= 0.6 is 22.9 Å². The van der Waals surface area contributed by atoms with Gasteiger partial charge in [0.2, 0.25) is 5.91 Å². The number of amides is 1. The number of halogens is 3. The fraction of sp³-hybridized carbons (Fsp3) is 0.472. The molecule has 0 bridgehead atoms. The molecule has 0 radical (unpaired) electrons. The first-order valence-electron chi connectivity index (χ1n) is 17.3. The predicted octanol–water partition coefficient (Wildman–Crippen LogP) is 4.81. The number of ether oxygens (including phenoxy) is 1. The van der Waals surface area contributed by atoms with E-state index in [2.05, 4.69) is 21.3 Å². The van der Waals surface area contributed by atoms with E-state index < -0.39 is 17.7 Å². The molecule has 272 valence electrons. The van der Waals surface area contributed by atoms with E-state index in [9.17, 15) is 24.8 Å². The SMILES string of the molecule is CC(=O)NCCN(CC(O)CN1CCC1C#N)c1nc(OCC23CCCN2CCC3)nc2c(F)c(-c3ccc(F)c4sc(N)c(C#N)c34)c(Cl)cc12. The lowest BCUT2D eigenvalue weighted by atomic mass is 9.95. The number of nitrogen functional groups attached to an aromatic ring is 1. The van der Waals surface area contributed by atoms with E-state index >= 15 is 4.39 Å². The van der Waals surface area contributed by atoms with Gasteiger partial charge in [-0.05, 0) is 62.9 Å². The van der Waals surface area contributed by atoms with E-state index in [0.717, 1.165) is 56.5 Å². The highest BCUT2D eigenvalue weighted by Crippen LogP contribution is 2.46. The van der Waals surface area contributed by atoms with E-state index in [4.69, 9.17) is 27.1 Å². The van der Waals surface area contributed by atoms with Crippen LogP contribution in [0, 0.1) is 34.3 Å². The van der Waals surface area contributed by atoms with E-state index in [1.807, 2.05) is 11.0 Å². The molecule has 3 fully saturated rings. The molecule has 2 atom stereocenters. The maximum Gasteiger partial charge on any atom is 0.319 e. The summed E-state index contributed by atoms with van der Waals surface area (Å²) in [7, 11) is 0. The van der Waals surface area contributed by atoms with Crippen molar-refractivity contribution < 1.29 is 23.4 Å². The third-order valence-electron chi connectivity index (χ3n) is 10.5. The number of benzene rings is 2. The second-order valence-corrected chi connectivity index (χ2v) is 15.2. The number of aromatic nitrogens is 2. The maximum atomic E-state index is 17.2. The van der Waals surface area contributed by atoms with Gasteiger partial charge < -0.3 is 25.8 Å². The molecule has 2 unspecified atom stereocenters. The van der Waals surface area contributed by atoms with E-state index in [-0.39, 0.29) is 103 Å². The van der Waals surface area contributed by atoms with Crippen molar-refractivity contribution in [1.29, 1.82) is 10.5 Å². The molecule has 3 aliphatic rings. The first-order chi connectivity index (χ1) is 25.0. The van der Waals surface area contributed by atoms with Crippen LogP contribution in [0.15, 0.2) is 18.2 Å². The number of hydrogen-bond donors (Lipinski definition) is 3. The molecular weight excluding hydrogens is 712 g/mol. The number of thiophene rings is 1. The molecule has 12 nitrogen and oxygen atoms in total. The minimum atomic E-state index is -0.937. The third kappa shape index (κ3) is 6.57. The zero-order valence-corrected chi connectivity index (χ0v) is 30.2. The summed E-state index contributed by atoms with van der Waals surface area (Å²) in [6.07, 6.45) is 3.80. The molecule has 1 amide bonds. The van der Waals surface area contributed by atoms with Gasteiger partial charge in [0.05, 0.1) is 39.0 Å². The molecule has 3 aliphatic heterocycles. The van der Waals surface area contributed by atoms with Crippen LogP contribution in [0.25, 0.3) is 32.1 Å². The van der Waals surface area contributed by atoms with Gasteiger partial charge in [-0.1, -0.05) is 17.7 Å². The molecule has 0 spiro atoms. The summed E-state index contributed by atoms with van der Waals surface area (Å²) < 4.78 is 38.6. The van der Waals surface area contributed by atoms with Gasteiger partial charge in [-0.15, -0.1) is 11.3 Å². The maximum absolute atomic E-state index is 17.2. The number of rotatable bonds is 12. The van der Waals surface area contributed by atoms with E-state index in [1.54, 1.807) is 4.90 Å². The molecule has 7 rings (SSSR count). The normalized spacial score (nSPS) is 18.9. The summed E-state index contributed by atoms with van der Waals surface area (Å²) in [5.74, 6) is -1.46. The summed E-state index contributed by atoms with van der Waals surface area (Å²) in [4.78, 5) is 27.3. The number of nitrogens with one attached hydrogen (secondary N) is 1. The zero-order valence-electron chi connectivity index (χ0n) is 28.6. The Morgan fingerprint density at radius 3 is 2.71 bits per heavy atom. The van der Waals surface area contributed by atoms with Crippen molar-refractivity contribution in [3.8, 4) is 29.3 Å². The molecule has 0 saturated carbocycles. The monoisotopic (exact) mass is 749 g/mol. The van der Waals surface area contributed by atoms with Crippen LogP contribution in [0.2, 0.25) is 5.02 Å². The number of hydrogen-bond acceptors (Lipinski definition) is 12. The molecule has 4 N–H and O–H groups in total. The van der Waals surface area contributed by atoms with Gasteiger partial charge in [-0.25, -0.2) is 8.78 Å². The van der Waals surface area contributed by atoms with Crippen LogP contribution in [0.5, 0.6) is 6.01 Å². The summed E-state index contributed by atoms with van der Waals surface area (Å²) in [5.41, 5.74) is 5.91. The highest BCUT2D eigenvalue weighted by atomic mass is 35.5. The fourth-order valence-corrected chi connectivity index (χ4v) is 9.16. The molecule has 2 aromatic carbocycles. The van der Waals surface area contributed by atoms with Crippen molar-refractivity contribution in [2.45, 2.75) is 56.7 Å². The highest BCUT2D eigenvalue weighted by molar-refractivity contribution is 7.23. The molecule has 0 aliphatic carbocycles. The van der Waals surface area contributed by atoms with Crippen molar-refractivity contribution in [3.05, 3.63) is 40.4 Å². The second-order valence-electron chi connectivity index (χ2n) is 13.7. The number of nitrogens with two attached hydrogens (primary N) is 1. The number of likely N-dealkylation sites (tertiary alicyclic amines) is 1. The van der Waals surface area contributed by atoms with Crippen LogP contribution in [-0.4, -0.2) is 101 Å². The predicted molar refractivity (Wildman–Crippen MR) is 195 cm³/mol. The van der Waals surface area contributed by atoms with Gasteiger partial charge in [-0.3, -0.25) is 14.6 Å². The lowest BCUT2D eigenvalue weighted by molar-refractivity contribution is -0.118. The first-order valence-corrected chi connectivity index (χ1v) is 18.5. The van der Waals surface area contributed by atoms with Gasteiger partial charge in [0.1, 0.15) is 34.8 Å². The first kappa shape index (κ1) is 36.0. The Bertz CT molecular complexity index is 2130. The average Bonchev–Trinajstić information content (AvgIpc) is 3.79. The number of nitriles is 2. The molecule has 4 aromatic rings. The average molecular weight is 750 g/mol. The second kappa shape index (κ2) is 14.6. The fourth-order valence-electron chi connectivity index (χ4n) is 7.92. The van der Waals surface area contributed by atoms with Gasteiger partial charge in [-0.2, -0.15) is 20.5 Å². The van der Waals surface area contributed by atoms with E-state index in [1.165, 1.54) is 25.1 Å². The molecular formula is C36H38ClF2N9O3S. The summed E-state index contributed by atoms with van der Waals surface area (Å²) >= 11 is 7.79. The van der Waals surface area contributed by atoms with Crippen molar-refractivity contribution in [2.24, 2.45) is 0 Å². The largest absolute Gasteiger partial charge is 0.461 e. The quantitative estimate of drug-likeness (QED) is 0.182. The van der Waals surface area contributed by atoms with Crippen LogP contribution in [0.3, 0.4) is 0 Å². The van der Waals surface area contributed by atoms with Gasteiger partial charge >= 0.3 is 6.01 Å². The summed E-state index contributed by atoms with van der Waals surface area (Å²) in [5, 5.41) is 33.8. The van der Waals surface area contributed by atoms with Gasteiger partial charge in [0, 0.05) is 56.0 Å². The molecule has 52 heavy (non-hydrogen) atoms. The molecule has 16 heteroatoms. The Labute approximate surface area is 308 Å². The number of carbonyl (C=O) groups excluding carboxylic acids is 1. The lowest BCUT2D eigenvalue weighted by Gasteiger charge is -2.38. The number of carbonyl (C=O) groups is 1. The van der Waals surface area contributed by atoms with Crippen LogP contribution < -0.4 is 20.7 Å². The Morgan fingerprint density at radius 1 is 1.27 bits per heavy atom. The number of aliphatic hydroxyl groups is 1. The van der Waals surface area contributed by atoms with E-state index in [0.29, 0.717) is 13.2 Å². The van der Waals surface area contributed by atoms with Crippen molar-refractivity contribution in [2.75, 3.05) is 63.1 Å². The summed E-state index contributed by atoms with van der Waals surface area (Å²) in [6, 6.07) is 7.97.